The number of hydrogen-bond donors (Lipinski definition) is 0. The number of nitrogens with zero attached hydrogens (tertiary/aromatic N) is 2. The Hall–Kier alpha value is -2.11. The van der Waals surface area contributed by atoms with E-state index in [-0.39, 0.29) is 18.1 Å². The van der Waals surface area contributed by atoms with Crippen molar-refractivity contribution in [3.05, 3.63) is 30.1 Å². The summed E-state index contributed by atoms with van der Waals surface area (Å²) in [5, 5.41) is 0. The first-order chi connectivity index (χ1) is 9.61. The summed E-state index contributed by atoms with van der Waals surface area (Å²) in [6, 6.07) is 6.58. The normalized spacial score (nSPS) is 15.1. The Morgan fingerprint density at radius 2 is 1.85 bits per heavy atom. The molecule has 2 rings (SSSR count). The maximum Gasteiger partial charge on any atom is 0.315 e. The van der Waals surface area contributed by atoms with Gasteiger partial charge < -0.3 is 14.5 Å². The van der Waals surface area contributed by atoms with Gasteiger partial charge in [-0.25, -0.2) is 4.39 Å². The summed E-state index contributed by atoms with van der Waals surface area (Å²) in [4.78, 5) is 26.4. The molecule has 1 aromatic rings. The van der Waals surface area contributed by atoms with Crippen molar-refractivity contribution in [2.75, 3.05) is 38.2 Å². The highest BCUT2D eigenvalue weighted by Gasteiger charge is 2.24. The summed E-state index contributed by atoms with van der Waals surface area (Å²) in [7, 11) is 1.26. The zero-order valence-electron chi connectivity index (χ0n) is 11.3. The monoisotopic (exact) mass is 280 g/mol. The van der Waals surface area contributed by atoms with Gasteiger partial charge >= 0.3 is 5.97 Å². The number of amides is 1. The fraction of sp³-hybridized carbons (Fsp3) is 0.429. The molecule has 0 N–H and O–H groups in total. The van der Waals surface area contributed by atoms with Crippen LogP contribution in [0, 0.1) is 5.82 Å². The number of rotatable bonds is 3. The van der Waals surface area contributed by atoms with E-state index in [4.69, 9.17) is 0 Å². The number of para-hydroxylation sites is 1. The third-order valence-electron chi connectivity index (χ3n) is 3.35. The molecule has 0 spiro atoms. The van der Waals surface area contributed by atoms with Gasteiger partial charge in [-0.15, -0.1) is 0 Å². The standard InChI is InChI=1S/C14H17FN2O3/c1-20-14(19)10-13(18)17-8-6-16(7-9-17)12-5-3-2-4-11(12)15/h2-5H,6-10H2,1H3. The predicted octanol–water partition coefficient (Wildman–Crippen LogP) is 1.04. The summed E-state index contributed by atoms with van der Waals surface area (Å²) in [5.74, 6) is -1.04. The Balaban J connectivity index is 1.91. The number of carbonyl (C=O) groups excluding carboxylic acids is 2. The van der Waals surface area contributed by atoms with Crippen LogP contribution in [0.3, 0.4) is 0 Å². The molecular formula is C14H17FN2O3. The van der Waals surface area contributed by atoms with Crippen molar-refractivity contribution in [3.8, 4) is 0 Å². The van der Waals surface area contributed by atoms with Crippen LogP contribution in [0.2, 0.25) is 0 Å². The second kappa shape index (κ2) is 6.36. The van der Waals surface area contributed by atoms with Crippen LogP contribution in [0.15, 0.2) is 24.3 Å². The maximum absolute atomic E-state index is 13.7. The molecule has 6 heteroatoms. The van der Waals surface area contributed by atoms with Gasteiger partial charge in [0.05, 0.1) is 12.8 Å². The molecule has 1 saturated heterocycles. The first kappa shape index (κ1) is 14.3. The summed E-state index contributed by atoms with van der Waals surface area (Å²) in [6.45, 7) is 2.05. The van der Waals surface area contributed by atoms with Crippen LogP contribution in [-0.4, -0.2) is 50.1 Å². The van der Waals surface area contributed by atoms with E-state index in [1.54, 1.807) is 23.1 Å². The van der Waals surface area contributed by atoms with E-state index in [1.807, 2.05) is 4.90 Å². The number of anilines is 1. The second-order valence-electron chi connectivity index (χ2n) is 4.57. The van der Waals surface area contributed by atoms with Gasteiger partial charge in [0.25, 0.3) is 0 Å². The van der Waals surface area contributed by atoms with Gasteiger partial charge in [-0.3, -0.25) is 9.59 Å². The number of esters is 1. The van der Waals surface area contributed by atoms with Gasteiger partial charge in [0.15, 0.2) is 0 Å². The van der Waals surface area contributed by atoms with Gasteiger partial charge in [-0.2, -0.15) is 0 Å². The average molecular weight is 280 g/mol. The minimum absolute atomic E-state index is 0.240. The molecule has 108 valence electrons. The maximum atomic E-state index is 13.7. The molecule has 1 heterocycles. The molecule has 1 amide bonds. The lowest BCUT2D eigenvalue weighted by molar-refractivity contribution is -0.146. The van der Waals surface area contributed by atoms with Crippen molar-refractivity contribution in [1.29, 1.82) is 0 Å². The summed E-state index contributed by atoms with van der Waals surface area (Å²) < 4.78 is 18.1. The Morgan fingerprint density at radius 1 is 1.20 bits per heavy atom. The Bertz CT molecular complexity index is 499. The summed E-state index contributed by atoms with van der Waals surface area (Å²) in [6.07, 6.45) is -0.240. The van der Waals surface area contributed by atoms with Crippen molar-refractivity contribution in [2.24, 2.45) is 0 Å². The SMILES string of the molecule is COC(=O)CC(=O)N1CCN(c2ccccc2F)CC1. The van der Waals surface area contributed by atoms with E-state index in [0.717, 1.165) is 0 Å². The van der Waals surface area contributed by atoms with Gasteiger partial charge in [-0.1, -0.05) is 12.1 Å². The Kier molecular flexibility index (Phi) is 4.55. The highest BCUT2D eigenvalue weighted by Crippen LogP contribution is 2.20. The number of benzene rings is 1. The summed E-state index contributed by atoms with van der Waals surface area (Å²) >= 11 is 0. The Morgan fingerprint density at radius 3 is 2.45 bits per heavy atom. The molecule has 5 nitrogen and oxygen atoms in total. The van der Waals surface area contributed by atoms with Gasteiger partial charge in [-0.05, 0) is 12.1 Å². The highest BCUT2D eigenvalue weighted by atomic mass is 19.1. The molecular weight excluding hydrogens is 263 g/mol. The molecule has 1 aliphatic heterocycles. The van der Waals surface area contributed by atoms with Crippen molar-refractivity contribution in [1.82, 2.24) is 4.90 Å². The van der Waals surface area contributed by atoms with Crippen molar-refractivity contribution < 1.29 is 18.7 Å². The third-order valence-corrected chi connectivity index (χ3v) is 3.35. The highest BCUT2D eigenvalue weighted by molar-refractivity contribution is 5.94. The first-order valence-electron chi connectivity index (χ1n) is 6.46. The minimum atomic E-state index is -0.536. The first-order valence-corrected chi connectivity index (χ1v) is 6.46. The number of methoxy groups -OCH3 is 1. The topological polar surface area (TPSA) is 49.9 Å². The number of piperazine rings is 1. The molecule has 0 saturated carbocycles. The van der Waals surface area contributed by atoms with Gasteiger partial charge in [0, 0.05) is 26.2 Å². The average Bonchev–Trinajstić information content (AvgIpc) is 2.47. The quantitative estimate of drug-likeness (QED) is 0.613. The van der Waals surface area contributed by atoms with E-state index in [9.17, 15) is 14.0 Å². The number of halogens is 1. The van der Waals surface area contributed by atoms with E-state index in [2.05, 4.69) is 4.74 Å². The van der Waals surface area contributed by atoms with Crippen LogP contribution >= 0.6 is 0 Å². The molecule has 1 aliphatic rings. The largest absolute Gasteiger partial charge is 0.469 e. The van der Waals surface area contributed by atoms with Crippen LogP contribution in [0.1, 0.15) is 6.42 Å². The van der Waals surface area contributed by atoms with Crippen LogP contribution in [0.25, 0.3) is 0 Å². The van der Waals surface area contributed by atoms with Crippen LogP contribution in [-0.2, 0) is 14.3 Å². The van der Waals surface area contributed by atoms with Crippen molar-refractivity contribution >= 4 is 17.6 Å². The molecule has 0 bridgehead atoms. The van der Waals surface area contributed by atoms with Crippen LogP contribution in [0.5, 0.6) is 0 Å². The molecule has 1 aromatic carbocycles. The molecule has 20 heavy (non-hydrogen) atoms. The van der Waals surface area contributed by atoms with Crippen LogP contribution < -0.4 is 4.90 Å². The minimum Gasteiger partial charge on any atom is -0.469 e. The van der Waals surface area contributed by atoms with Crippen LogP contribution in [0.4, 0.5) is 10.1 Å². The predicted molar refractivity (Wildman–Crippen MR) is 71.8 cm³/mol. The Labute approximate surface area is 116 Å². The summed E-state index contributed by atoms with van der Waals surface area (Å²) in [5.41, 5.74) is 0.549. The molecule has 0 radical (unpaired) electrons. The second-order valence-corrected chi connectivity index (χ2v) is 4.57. The van der Waals surface area contributed by atoms with E-state index < -0.39 is 5.97 Å². The van der Waals surface area contributed by atoms with E-state index >= 15 is 0 Å². The zero-order chi connectivity index (χ0) is 14.5. The van der Waals surface area contributed by atoms with Gasteiger partial charge in [0.1, 0.15) is 12.2 Å². The molecule has 0 aliphatic carbocycles. The zero-order valence-corrected chi connectivity index (χ0v) is 11.3. The van der Waals surface area contributed by atoms with Gasteiger partial charge in [0.2, 0.25) is 5.91 Å². The molecule has 1 fully saturated rings. The number of ether oxygens (including phenoxy) is 1. The lowest BCUT2D eigenvalue weighted by atomic mass is 10.2. The fourth-order valence-electron chi connectivity index (χ4n) is 2.21. The van der Waals surface area contributed by atoms with Crippen molar-refractivity contribution in [3.63, 3.8) is 0 Å². The fourth-order valence-corrected chi connectivity index (χ4v) is 2.21. The lowest BCUT2D eigenvalue weighted by Gasteiger charge is -2.36. The molecule has 0 atom stereocenters. The molecule has 0 unspecified atom stereocenters. The smallest absolute Gasteiger partial charge is 0.315 e. The van der Waals surface area contributed by atoms with Crippen molar-refractivity contribution in [2.45, 2.75) is 6.42 Å². The number of carbonyl (C=O) groups is 2. The lowest BCUT2D eigenvalue weighted by Crippen LogP contribution is -2.49. The van der Waals surface area contributed by atoms with E-state index in [1.165, 1.54) is 13.2 Å². The van der Waals surface area contributed by atoms with E-state index in [0.29, 0.717) is 31.9 Å². The molecule has 0 aromatic heterocycles. The number of hydrogen-bond acceptors (Lipinski definition) is 4. The third kappa shape index (κ3) is 3.26.